The van der Waals surface area contributed by atoms with Crippen molar-refractivity contribution in [2.24, 2.45) is 0 Å². The van der Waals surface area contributed by atoms with Gasteiger partial charge in [0.25, 0.3) is 5.91 Å². The van der Waals surface area contributed by atoms with Gasteiger partial charge < -0.3 is 14.5 Å². The van der Waals surface area contributed by atoms with Crippen molar-refractivity contribution in [3.8, 4) is 5.75 Å². The highest BCUT2D eigenvalue weighted by atomic mass is 32.1. The maximum Gasteiger partial charge on any atom is 0.277 e. The molecule has 2 aromatic heterocycles. The number of rotatable bonds is 6. The molecule has 7 nitrogen and oxygen atoms in total. The molecule has 0 spiro atoms. The van der Waals surface area contributed by atoms with E-state index in [4.69, 9.17) is 9.15 Å². The number of hydrogen-bond acceptors (Lipinski definition) is 7. The van der Waals surface area contributed by atoms with E-state index in [-0.39, 0.29) is 17.2 Å². The number of amides is 1. The summed E-state index contributed by atoms with van der Waals surface area (Å²) in [5.74, 6) is -0.0675. The highest BCUT2D eigenvalue weighted by Crippen LogP contribution is 2.33. The molecule has 0 atom stereocenters. The van der Waals surface area contributed by atoms with Crippen LogP contribution in [0.3, 0.4) is 0 Å². The molecule has 4 aromatic rings. The Morgan fingerprint density at radius 3 is 2.64 bits per heavy atom. The fraction of sp³-hybridized carbons (Fsp3) is 0.100. The lowest BCUT2D eigenvalue weighted by Gasteiger charge is -2.06. The minimum absolute atomic E-state index is 0.0573. The Morgan fingerprint density at radius 2 is 1.93 bits per heavy atom. The number of ketones is 1. The number of benzene rings is 2. The average molecular weight is 393 g/mol. The van der Waals surface area contributed by atoms with Crippen LogP contribution in [0.15, 0.2) is 58.3 Å². The second-order valence-electron chi connectivity index (χ2n) is 5.83. The number of hydrogen-bond donors (Lipinski definition) is 1. The number of furan rings is 1. The standard InChI is InChI=1S/C20H15N3O4S/c1-2-26-13-9-7-12(8-10-13)18(24)19-17(14-5-3-4-6-16(14)27-19)21-20(25)15-11-28-23-22-15/h3-11H,2H2,1H3,(H,21,25). The molecule has 1 amide bonds. The molecule has 0 unspecified atom stereocenters. The van der Waals surface area contributed by atoms with Gasteiger partial charge in [-0.15, -0.1) is 5.10 Å². The number of para-hydroxylation sites is 1. The Hall–Kier alpha value is -3.52. The van der Waals surface area contributed by atoms with E-state index in [2.05, 4.69) is 14.9 Å². The first kappa shape index (κ1) is 17.9. The zero-order chi connectivity index (χ0) is 19.5. The van der Waals surface area contributed by atoms with E-state index in [0.29, 0.717) is 34.6 Å². The van der Waals surface area contributed by atoms with Gasteiger partial charge in [-0.3, -0.25) is 9.59 Å². The molecular formula is C20H15N3O4S. The lowest BCUT2D eigenvalue weighted by Crippen LogP contribution is -2.14. The third kappa shape index (κ3) is 3.37. The molecule has 0 bridgehead atoms. The Morgan fingerprint density at radius 1 is 1.14 bits per heavy atom. The number of aromatic nitrogens is 2. The molecule has 0 fully saturated rings. The van der Waals surface area contributed by atoms with E-state index in [1.807, 2.05) is 13.0 Å². The van der Waals surface area contributed by atoms with Crippen molar-refractivity contribution in [3.05, 3.63) is 70.9 Å². The summed E-state index contributed by atoms with van der Waals surface area (Å²) in [6.07, 6.45) is 0. The fourth-order valence-electron chi connectivity index (χ4n) is 2.77. The third-order valence-corrected chi connectivity index (χ3v) is 4.57. The number of fused-ring (bicyclic) bond motifs is 1. The Labute approximate surface area is 164 Å². The van der Waals surface area contributed by atoms with Gasteiger partial charge in [-0.25, -0.2) is 0 Å². The third-order valence-electron chi connectivity index (χ3n) is 4.06. The molecule has 140 valence electrons. The molecule has 8 heteroatoms. The molecule has 0 aliphatic heterocycles. The molecule has 0 radical (unpaired) electrons. The lowest BCUT2D eigenvalue weighted by molar-refractivity contribution is 0.101. The van der Waals surface area contributed by atoms with Crippen LogP contribution in [0.1, 0.15) is 33.5 Å². The quantitative estimate of drug-likeness (QED) is 0.494. The number of ether oxygens (including phenoxy) is 1. The van der Waals surface area contributed by atoms with Gasteiger partial charge >= 0.3 is 0 Å². The number of nitrogens with one attached hydrogen (secondary N) is 1. The molecule has 4 rings (SSSR count). The molecule has 2 heterocycles. The number of nitrogens with zero attached hydrogens (tertiary/aromatic N) is 2. The van der Waals surface area contributed by atoms with Gasteiger partial charge in [0, 0.05) is 16.3 Å². The van der Waals surface area contributed by atoms with Crippen molar-refractivity contribution in [1.29, 1.82) is 0 Å². The first-order chi connectivity index (χ1) is 13.7. The van der Waals surface area contributed by atoms with Gasteiger partial charge in [0.2, 0.25) is 5.78 Å². The summed E-state index contributed by atoms with van der Waals surface area (Å²) in [5.41, 5.74) is 1.42. The van der Waals surface area contributed by atoms with Gasteiger partial charge in [-0.05, 0) is 54.9 Å². The van der Waals surface area contributed by atoms with Gasteiger partial charge in [0.1, 0.15) is 11.3 Å². The van der Waals surface area contributed by atoms with Crippen LogP contribution in [0.25, 0.3) is 11.0 Å². The number of anilines is 1. The highest BCUT2D eigenvalue weighted by Gasteiger charge is 2.24. The minimum Gasteiger partial charge on any atom is -0.494 e. The van der Waals surface area contributed by atoms with Crippen molar-refractivity contribution in [1.82, 2.24) is 9.59 Å². The summed E-state index contributed by atoms with van der Waals surface area (Å²) in [6, 6.07) is 13.9. The van der Waals surface area contributed by atoms with Crippen LogP contribution < -0.4 is 10.1 Å². The van der Waals surface area contributed by atoms with Crippen molar-refractivity contribution >= 4 is 39.9 Å². The predicted molar refractivity (Wildman–Crippen MR) is 105 cm³/mol. The van der Waals surface area contributed by atoms with Crippen molar-refractivity contribution in [2.75, 3.05) is 11.9 Å². The van der Waals surface area contributed by atoms with Gasteiger partial charge in [0.05, 0.1) is 12.3 Å². The van der Waals surface area contributed by atoms with E-state index in [9.17, 15) is 9.59 Å². The largest absolute Gasteiger partial charge is 0.494 e. The Balaban J connectivity index is 1.73. The van der Waals surface area contributed by atoms with Crippen LogP contribution >= 0.6 is 11.5 Å². The van der Waals surface area contributed by atoms with E-state index < -0.39 is 5.91 Å². The molecule has 1 N–H and O–H groups in total. The normalized spacial score (nSPS) is 10.8. The summed E-state index contributed by atoms with van der Waals surface area (Å²) >= 11 is 1.07. The topological polar surface area (TPSA) is 94.3 Å². The first-order valence-electron chi connectivity index (χ1n) is 8.55. The summed E-state index contributed by atoms with van der Waals surface area (Å²) in [5, 5.41) is 8.67. The summed E-state index contributed by atoms with van der Waals surface area (Å²) in [4.78, 5) is 25.5. The predicted octanol–water partition coefficient (Wildman–Crippen LogP) is 4.17. The zero-order valence-electron chi connectivity index (χ0n) is 14.8. The van der Waals surface area contributed by atoms with Crippen molar-refractivity contribution in [2.45, 2.75) is 6.92 Å². The van der Waals surface area contributed by atoms with Gasteiger partial charge in [0.15, 0.2) is 11.5 Å². The van der Waals surface area contributed by atoms with Crippen LogP contribution in [0.4, 0.5) is 5.69 Å². The molecule has 0 saturated heterocycles. The Bertz CT molecular complexity index is 1130. The second-order valence-corrected chi connectivity index (χ2v) is 6.44. The molecule has 0 saturated carbocycles. The maximum atomic E-state index is 13.1. The lowest BCUT2D eigenvalue weighted by atomic mass is 10.1. The van der Waals surface area contributed by atoms with Crippen molar-refractivity contribution in [3.63, 3.8) is 0 Å². The van der Waals surface area contributed by atoms with Crippen LogP contribution in [0.2, 0.25) is 0 Å². The highest BCUT2D eigenvalue weighted by molar-refractivity contribution is 7.03. The molecular weight excluding hydrogens is 378 g/mol. The van der Waals surface area contributed by atoms with Crippen LogP contribution in [-0.4, -0.2) is 27.9 Å². The summed E-state index contributed by atoms with van der Waals surface area (Å²) < 4.78 is 14.9. The van der Waals surface area contributed by atoms with E-state index in [1.165, 1.54) is 5.38 Å². The molecule has 28 heavy (non-hydrogen) atoms. The van der Waals surface area contributed by atoms with Gasteiger partial charge in [-0.1, -0.05) is 16.6 Å². The maximum absolute atomic E-state index is 13.1. The van der Waals surface area contributed by atoms with E-state index >= 15 is 0 Å². The summed E-state index contributed by atoms with van der Waals surface area (Å²) in [6.45, 7) is 2.43. The van der Waals surface area contributed by atoms with Crippen LogP contribution in [-0.2, 0) is 0 Å². The Kier molecular flexibility index (Phi) is 4.86. The van der Waals surface area contributed by atoms with E-state index in [1.54, 1.807) is 42.5 Å². The van der Waals surface area contributed by atoms with Crippen LogP contribution in [0, 0.1) is 0 Å². The first-order valence-corrected chi connectivity index (χ1v) is 9.38. The zero-order valence-corrected chi connectivity index (χ0v) is 15.7. The number of carbonyl (C=O) groups excluding carboxylic acids is 2. The minimum atomic E-state index is -0.457. The molecule has 0 aliphatic carbocycles. The van der Waals surface area contributed by atoms with Gasteiger partial charge in [-0.2, -0.15) is 0 Å². The number of carbonyl (C=O) groups is 2. The SMILES string of the molecule is CCOc1ccc(C(=O)c2oc3ccccc3c2NC(=O)c2csnn2)cc1. The molecule has 0 aliphatic rings. The van der Waals surface area contributed by atoms with Crippen molar-refractivity contribution < 1.29 is 18.7 Å². The molecule has 2 aromatic carbocycles. The van der Waals surface area contributed by atoms with E-state index in [0.717, 1.165) is 11.5 Å². The van der Waals surface area contributed by atoms with Crippen LogP contribution in [0.5, 0.6) is 5.75 Å². The monoisotopic (exact) mass is 393 g/mol. The average Bonchev–Trinajstić information content (AvgIpc) is 3.37. The smallest absolute Gasteiger partial charge is 0.277 e. The fourth-order valence-corrected chi connectivity index (χ4v) is 3.21. The second kappa shape index (κ2) is 7.61. The summed E-state index contributed by atoms with van der Waals surface area (Å²) in [7, 11) is 0.